The first-order valence-corrected chi connectivity index (χ1v) is 6.33. The number of nitrogens with zero attached hydrogens (tertiary/aromatic N) is 2. The lowest BCUT2D eigenvalue weighted by Gasteiger charge is -2.12. The molecular formula is C15H19N3O. The van der Waals surface area contributed by atoms with E-state index in [2.05, 4.69) is 42.9 Å². The molecule has 1 aromatic heterocycles. The van der Waals surface area contributed by atoms with E-state index in [-0.39, 0.29) is 6.54 Å². The molecule has 0 fully saturated rings. The number of aryl methyl sites for hydroxylation is 1. The van der Waals surface area contributed by atoms with E-state index in [9.17, 15) is 5.11 Å². The fourth-order valence-electron chi connectivity index (χ4n) is 2.02. The lowest BCUT2D eigenvalue weighted by Crippen LogP contribution is -2.14. The average Bonchev–Trinajstić information content (AvgIpc) is 2.44. The van der Waals surface area contributed by atoms with Crippen LogP contribution >= 0.6 is 0 Å². The molecule has 0 bridgehead atoms. The summed E-state index contributed by atoms with van der Waals surface area (Å²) in [4.78, 5) is 8.47. The highest BCUT2D eigenvalue weighted by molar-refractivity contribution is 5.65. The van der Waals surface area contributed by atoms with E-state index in [0.717, 1.165) is 11.3 Å². The molecule has 0 aliphatic rings. The number of aliphatic hydroxyl groups excluding tert-OH is 1. The van der Waals surface area contributed by atoms with Crippen LogP contribution in [0.4, 0.5) is 0 Å². The van der Waals surface area contributed by atoms with Crippen LogP contribution < -0.4 is 5.73 Å². The summed E-state index contributed by atoms with van der Waals surface area (Å²) in [6.07, 6.45) is 0.845. The number of hydrogen-bond donors (Lipinski definition) is 2. The Morgan fingerprint density at radius 1 is 1.16 bits per heavy atom. The van der Waals surface area contributed by atoms with Gasteiger partial charge in [-0.25, -0.2) is 9.97 Å². The monoisotopic (exact) mass is 257 g/mol. The fraction of sp³-hybridized carbons (Fsp3) is 0.333. The smallest absolute Gasteiger partial charge is 0.158 e. The molecule has 2 aromatic rings. The summed E-state index contributed by atoms with van der Waals surface area (Å²) in [5.74, 6) is 0.373. The molecule has 0 aliphatic carbocycles. The molecule has 0 spiro atoms. The molecule has 1 aromatic carbocycles. The zero-order chi connectivity index (χ0) is 14.0. The van der Waals surface area contributed by atoms with Gasteiger partial charge in [0.25, 0.3) is 0 Å². The number of rotatable bonds is 3. The van der Waals surface area contributed by atoms with Crippen molar-refractivity contribution in [1.82, 2.24) is 9.97 Å². The van der Waals surface area contributed by atoms with E-state index >= 15 is 0 Å². The summed E-state index contributed by atoms with van der Waals surface area (Å²) in [5.41, 5.74) is 11.0. The van der Waals surface area contributed by atoms with Crippen molar-refractivity contribution in [3.8, 4) is 11.3 Å². The topological polar surface area (TPSA) is 72.0 Å². The van der Waals surface area contributed by atoms with Gasteiger partial charge in [-0.15, -0.1) is 0 Å². The second kappa shape index (κ2) is 5.47. The standard InChI is InChI=1S/C15H19N3O/c1-9-4-5-12(11(3)10(9)2)13-6-7-17-15(18-13)14(19)8-16/h4-7,14,19H,8,16H2,1-3H3. The van der Waals surface area contributed by atoms with Gasteiger partial charge in [-0.05, 0) is 43.5 Å². The normalized spacial score (nSPS) is 12.5. The number of hydrogen-bond acceptors (Lipinski definition) is 4. The van der Waals surface area contributed by atoms with Crippen LogP contribution in [-0.2, 0) is 0 Å². The lowest BCUT2D eigenvalue weighted by atomic mass is 9.97. The molecule has 0 saturated heterocycles. The maximum atomic E-state index is 9.72. The van der Waals surface area contributed by atoms with Crippen molar-refractivity contribution in [3.05, 3.63) is 46.9 Å². The van der Waals surface area contributed by atoms with Crippen LogP contribution in [0, 0.1) is 20.8 Å². The highest BCUT2D eigenvalue weighted by atomic mass is 16.3. The van der Waals surface area contributed by atoms with Crippen molar-refractivity contribution in [2.24, 2.45) is 5.73 Å². The first kappa shape index (κ1) is 13.6. The molecule has 1 atom stereocenters. The highest BCUT2D eigenvalue weighted by Crippen LogP contribution is 2.26. The summed E-state index contributed by atoms with van der Waals surface area (Å²) in [5, 5.41) is 9.72. The van der Waals surface area contributed by atoms with Crippen molar-refractivity contribution in [2.75, 3.05) is 6.54 Å². The summed E-state index contributed by atoms with van der Waals surface area (Å²) < 4.78 is 0. The van der Waals surface area contributed by atoms with Gasteiger partial charge in [0.1, 0.15) is 6.10 Å². The Morgan fingerprint density at radius 3 is 2.58 bits per heavy atom. The fourth-order valence-corrected chi connectivity index (χ4v) is 2.02. The second-order valence-corrected chi connectivity index (χ2v) is 4.73. The van der Waals surface area contributed by atoms with E-state index in [4.69, 9.17) is 5.73 Å². The second-order valence-electron chi connectivity index (χ2n) is 4.73. The quantitative estimate of drug-likeness (QED) is 0.882. The van der Waals surface area contributed by atoms with Crippen LogP contribution in [-0.4, -0.2) is 21.6 Å². The van der Waals surface area contributed by atoms with Crippen LogP contribution in [0.5, 0.6) is 0 Å². The zero-order valence-electron chi connectivity index (χ0n) is 11.5. The van der Waals surface area contributed by atoms with Gasteiger partial charge in [0.05, 0.1) is 5.69 Å². The minimum atomic E-state index is -0.813. The van der Waals surface area contributed by atoms with Gasteiger partial charge in [-0.2, -0.15) is 0 Å². The van der Waals surface area contributed by atoms with Gasteiger partial charge in [0, 0.05) is 18.3 Å². The first-order valence-electron chi connectivity index (χ1n) is 6.33. The van der Waals surface area contributed by atoms with E-state index in [1.165, 1.54) is 16.7 Å². The van der Waals surface area contributed by atoms with Crippen LogP contribution in [0.15, 0.2) is 24.4 Å². The molecule has 0 amide bonds. The van der Waals surface area contributed by atoms with E-state index < -0.39 is 6.10 Å². The van der Waals surface area contributed by atoms with Gasteiger partial charge in [-0.1, -0.05) is 12.1 Å². The highest BCUT2D eigenvalue weighted by Gasteiger charge is 2.12. The minimum Gasteiger partial charge on any atom is -0.384 e. The van der Waals surface area contributed by atoms with Crippen LogP contribution in [0.1, 0.15) is 28.6 Å². The van der Waals surface area contributed by atoms with Crippen molar-refractivity contribution in [2.45, 2.75) is 26.9 Å². The Kier molecular flexibility index (Phi) is 3.93. The molecule has 4 nitrogen and oxygen atoms in total. The predicted molar refractivity (Wildman–Crippen MR) is 75.7 cm³/mol. The Hall–Kier alpha value is -1.78. The summed E-state index contributed by atoms with van der Waals surface area (Å²) in [6, 6.07) is 5.99. The van der Waals surface area contributed by atoms with E-state index in [0.29, 0.717) is 5.82 Å². The van der Waals surface area contributed by atoms with Gasteiger partial charge in [-0.3, -0.25) is 0 Å². The van der Waals surface area contributed by atoms with Crippen molar-refractivity contribution >= 4 is 0 Å². The Morgan fingerprint density at radius 2 is 1.89 bits per heavy atom. The summed E-state index contributed by atoms with van der Waals surface area (Å²) in [7, 11) is 0. The molecule has 100 valence electrons. The van der Waals surface area contributed by atoms with Gasteiger partial charge in [0.2, 0.25) is 0 Å². The molecule has 1 unspecified atom stereocenters. The number of aromatic nitrogens is 2. The third kappa shape index (κ3) is 2.64. The predicted octanol–water partition coefficient (Wildman–Crippen LogP) is 2.06. The lowest BCUT2D eigenvalue weighted by molar-refractivity contribution is 0.176. The molecule has 0 saturated carbocycles. The van der Waals surface area contributed by atoms with Crippen molar-refractivity contribution in [3.63, 3.8) is 0 Å². The summed E-state index contributed by atoms with van der Waals surface area (Å²) in [6.45, 7) is 6.40. The van der Waals surface area contributed by atoms with Crippen molar-refractivity contribution in [1.29, 1.82) is 0 Å². The average molecular weight is 257 g/mol. The van der Waals surface area contributed by atoms with E-state index in [1.54, 1.807) is 6.20 Å². The number of aliphatic hydroxyl groups is 1. The maximum absolute atomic E-state index is 9.72. The molecule has 0 aliphatic heterocycles. The maximum Gasteiger partial charge on any atom is 0.158 e. The molecule has 0 radical (unpaired) electrons. The number of nitrogens with two attached hydrogens (primary N) is 1. The van der Waals surface area contributed by atoms with Gasteiger partial charge < -0.3 is 10.8 Å². The van der Waals surface area contributed by atoms with Crippen molar-refractivity contribution < 1.29 is 5.11 Å². The third-order valence-corrected chi connectivity index (χ3v) is 3.53. The Balaban J connectivity index is 2.51. The molecule has 19 heavy (non-hydrogen) atoms. The SMILES string of the molecule is Cc1ccc(-c2ccnc(C(O)CN)n2)c(C)c1C. The Labute approximate surface area is 113 Å². The molecular weight excluding hydrogens is 238 g/mol. The van der Waals surface area contributed by atoms with E-state index in [1.807, 2.05) is 6.07 Å². The Bertz CT molecular complexity index is 596. The first-order chi connectivity index (χ1) is 9.04. The molecule has 3 N–H and O–H groups in total. The third-order valence-electron chi connectivity index (χ3n) is 3.53. The van der Waals surface area contributed by atoms with Crippen LogP contribution in [0.25, 0.3) is 11.3 Å². The van der Waals surface area contributed by atoms with Crippen LogP contribution in [0.3, 0.4) is 0 Å². The largest absolute Gasteiger partial charge is 0.384 e. The zero-order valence-corrected chi connectivity index (χ0v) is 11.5. The molecule has 4 heteroatoms. The number of benzene rings is 1. The van der Waals surface area contributed by atoms with Gasteiger partial charge in [0.15, 0.2) is 5.82 Å². The summed E-state index contributed by atoms with van der Waals surface area (Å²) >= 11 is 0. The van der Waals surface area contributed by atoms with Crippen LogP contribution in [0.2, 0.25) is 0 Å². The molecule has 2 rings (SSSR count). The minimum absolute atomic E-state index is 0.120. The molecule has 1 heterocycles. The van der Waals surface area contributed by atoms with Gasteiger partial charge >= 0.3 is 0 Å².